The van der Waals surface area contributed by atoms with E-state index in [9.17, 15) is 0 Å². The zero-order chi connectivity index (χ0) is 12.6. The number of pyridine rings is 1. The summed E-state index contributed by atoms with van der Waals surface area (Å²) < 4.78 is 10.9. The van der Waals surface area contributed by atoms with Gasteiger partial charge in [0.05, 0.1) is 13.2 Å². The number of rotatable bonds is 7. The van der Waals surface area contributed by atoms with Gasteiger partial charge in [-0.05, 0) is 38.1 Å². The zero-order valence-corrected chi connectivity index (χ0v) is 11.8. The minimum Gasteiger partial charge on any atom is -0.478 e. The van der Waals surface area contributed by atoms with E-state index >= 15 is 0 Å². The molecule has 0 spiro atoms. The van der Waals surface area contributed by atoms with E-state index in [1.807, 2.05) is 37.3 Å². The Morgan fingerprint density at radius 3 is 2.84 bits per heavy atom. The predicted octanol–water partition coefficient (Wildman–Crippen LogP) is 2.96. The summed E-state index contributed by atoms with van der Waals surface area (Å²) in [6.45, 7) is 4.27. The average molecular weight is 283 g/mol. The Labute approximate surface area is 119 Å². The molecule has 2 aromatic heterocycles. The van der Waals surface area contributed by atoms with Crippen molar-refractivity contribution >= 4 is 12.4 Å². The van der Waals surface area contributed by atoms with Crippen molar-refractivity contribution in [2.75, 3.05) is 13.2 Å². The van der Waals surface area contributed by atoms with Crippen molar-refractivity contribution in [3.8, 4) is 5.88 Å². The Morgan fingerprint density at radius 1 is 1.26 bits per heavy atom. The topological polar surface area (TPSA) is 47.3 Å². The first-order valence-electron chi connectivity index (χ1n) is 6.14. The quantitative estimate of drug-likeness (QED) is 0.793. The van der Waals surface area contributed by atoms with Crippen LogP contribution >= 0.6 is 12.4 Å². The number of ether oxygens (including phenoxy) is 1. The molecule has 1 N–H and O–H groups in total. The molecule has 104 valence electrons. The van der Waals surface area contributed by atoms with Gasteiger partial charge < -0.3 is 14.5 Å². The highest BCUT2D eigenvalue weighted by Crippen LogP contribution is 2.05. The molecule has 0 aliphatic rings. The van der Waals surface area contributed by atoms with Crippen molar-refractivity contribution in [2.24, 2.45) is 0 Å². The van der Waals surface area contributed by atoms with Crippen LogP contribution in [0.15, 0.2) is 40.9 Å². The van der Waals surface area contributed by atoms with Crippen molar-refractivity contribution in [1.29, 1.82) is 0 Å². The molecular formula is C14H19ClN2O2. The van der Waals surface area contributed by atoms with Crippen LogP contribution in [-0.4, -0.2) is 18.1 Å². The first-order valence-corrected chi connectivity index (χ1v) is 6.14. The maximum absolute atomic E-state index is 5.49. The van der Waals surface area contributed by atoms with E-state index in [0.717, 1.165) is 31.0 Å². The van der Waals surface area contributed by atoms with Crippen LogP contribution in [-0.2, 0) is 6.54 Å². The van der Waals surface area contributed by atoms with Crippen LogP contribution < -0.4 is 10.1 Å². The highest BCUT2D eigenvalue weighted by Gasteiger charge is 1.97. The van der Waals surface area contributed by atoms with Gasteiger partial charge in [0.2, 0.25) is 5.88 Å². The monoisotopic (exact) mass is 282 g/mol. The fraction of sp³-hybridized carbons (Fsp3) is 0.357. The van der Waals surface area contributed by atoms with Gasteiger partial charge in [0, 0.05) is 12.3 Å². The summed E-state index contributed by atoms with van der Waals surface area (Å²) in [5, 5.41) is 3.31. The molecule has 0 bridgehead atoms. The second-order valence-corrected chi connectivity index (χ2v) is 4.06. The first kappa shape index (κ1) is 15.5. The number of aromatic nitrogens is 1. The normalized spacial score (nSPS) is 9.95. The highest BCUT2D eigenvalue weighted by atomic mass is 35.5. The lowest BCUT2D eigenvalue weighted by molar-refractivity contribution is 0.295. The number of hydrogen-bond acceptors (Lipinski definition) is 4. The Morgan fingerprint density at radius 2 is 2.16 bits per heavy atom. The van der Waals surface area contributed by atoms with Gasteiger partial charge >= 0.3 is 0 Å². The molecule has 5 heteroatoms. The smallest absolute Gasteiger partial charge is 0.213 e. The number of nitrogens with one attached hydrogen (secondary N) is 1. The third-order valence-electron chi connectivity index (χ3n) is 2.48. The molecule has 0 radical (unpaired) electrons. The van der Waals surface area contributed by atoms with Crippen LogP contribution in [0, 0.1) is 6.92 Å². The second-order valence-electron chi connectivity index (χ2n) is 4.06. The van der Waals surface area contributed by atoms with E-state index in [1.165, 1.54) is 0 Å². The molecule has 19 heavy (non-hydrogen) atoms. The minimum atomic E-state index is 0. The fourth-order valence-corrected chi connectivity index (χ4v) is 1.60. The summed E-state index contributed by atoms with van der Waals surface area (Å²) >= 11 is 0. The van der Waals surface area contributed by atoms with E-state index in [4.69, 9.17) is 9.15 Å². The van der Waals surface area contributed by atoms with E-state index in [2.05, 4.69) is 10.3 Å². The van der Waals surface area contributed by atoms with Crippen LogP contribution in [0.4, 0.5) is 0 Å². The summed E-state index contributed by atoms with van der Waals surface area (Å²) in [5.74, 6) is 2.60. The zero-order valence-electron chi connectivity index (χ0n) is 11.0. The van der Waals surface area contributed by atoms with Gasteiger partial charge in [-0.15, -0.1) is 12.4 Å². The largest absolute Gasteiger partial charge is 0.478 e. The van der Waals surface area contributed by atoms with Gasteiger partial charge in [-0.3, -0.25) is 0 Å². The Hall–Kier alpha value is -1.52. The minimum absolute atomic E-state index is 0. The number of halogens is 1. The molecular weight excluding hydrogens is 264 g/mol. The van der Waals surface area contributed by atoms with Crippen LogP contribution in [0.2, 0.25) is 0 Å². The molecule has 0 atom stereocenters. The SMILES string of the molecule is Cc1ccc(CNCCCOc2ccccn2)o1.Cl. The summed E-state index contributed by atoms with van der Waals surface area (Å²) in [4.78, 5) is 4.09. The fourth-order valence-electron chi connectivity index (χ4n) is 1.60. The lowest BCUT2D eigenvalue weighted by atomic mass is 10.4. The summed E-state index contributed by atoms with van der Waals surface area (Å²) in [7, 11) is 0. The van der Waals surface area contributed by atoms with Gasteiger partial charge in [0.1, 0.15) is 11.5 Å². The van der Waals surface area contributed by atoms with Crippen LogP contribution in [0.1, 0.15) is 17.9 Å². The maximum atomic E-state index is 5.49. The van der Waals surface area contributed by atoms with E-state index in [0.29, 0.717) is 12.5 Å². The van der Waals surface area contributed by atoms with Gasteiger partial charge in [0.25, 0.3) is 0 Å². The standard InChI is InChI=1S/C14H18N2O2.ClH/c1-12-6-7-13(18-12)11-15-8-4-10-17-14-5-2-3-9-16-14;/h2-3,5-7,9,15H,4,8,10-11H2,1H3;1H. The molecule has 0 unspecified atom stereocenters. The Balaban J connectivity index is 0.00000180. The Bertz CT molecular complexity index is 459. The van der Waals surface area contributed by atoms with Crippen molar-refractivity contribution in [2.45, 2.75) is 19.9 Å². The molecule has 0 amide bonds. The number of aryl methyl sites for hydroxylation is 1. The van der Waals surface area contributed by atoms with Crippen molar-refractivity contribution in [3.63, 3.8) is 0 Å². The third kappa shape index (κ3) is 5.77. The second kappa shape index (κ2) is 8.56. The number of hydrogen-bond donors (Lipinski definition) is 1. The van der Waals surface area contributed by atoms with Crippen LogP contribution in [0.3, 0.4) is 0 Å². The number of furan rings is 1. The highest BCUT2D eigenvalue weighted by molar-refractivity contribution is 5.85. The van der Waals surface area contributed by atoms with Crippen molar-refractivity contribution in [1.82, 2.24) is 10.3 Å². The summed E-state index contributed by atoms with van der Waals surface area (Å²) in [6.07, 6.45) is 2.67. The predicted molar refractivity (Wildman–Crippen MR) is 76.7 cm³/mol. The van der Waals surface area contributed by atoms with Crippen LogP contribution in [0.25, 0.3) is 0 Å². The van der Waals surface area contributed by atoms with Crippen LogP contribution in [0.5, 0.6) is 5.88 Å². The molecule has 0 saturated carbocycles. The molecule has 0 fully saturated rings. The van der Waals surface area contributed by atoms with E-state index in [1.54, 1.807) is 6.20 Å². The van der Waals surface area contributed by atoms with Gasteiger partial charge in [0.15, 0.2) is 0 Å². The van der Waals surface area contributed by atoms with Gasteiger partial charge in [-0.2, -0.15) is 0 Å². The summed E-state index contributed by atoms with van der Waals surface area (Å²) in [5.41, 5.74) is 0. The average Bonchev–Trinajstić information content (AvgIpc) is 2.81. The maximum Gasteiger partial charge on any atom is 0.213 e. The van der Waals surface area contributed by atoms with Gasteiger partial charge in [-0.1, -0.05) is 6.07 Å². The number of nitrogens with zero attached hydrogens (tertiary/aromatic N) is 1. The molecule has 0 aliphatic heterocycles. The lowest BCUT2D eigenvalue weighted by Gasteiger charge is -2.05. The molecule has 2 heterocycles. The lowest BCUT2D eigenvalue weighted by Crippen LogP contribution is -2.16. The first-order chi connectivity index (χ1) is 8.84. The molecule has 2 rings (SSSR count). The molecule has 4 nitrogen and oxygen atoms in total. The molecule has 0 saturated heterocycles. The molecule has 0 aliphatic carbocycles. The summed E-state index contributed by atoms with van der Waals surface area (Å²) in [6, 6.07) is 9.62. The molecule has 2 aromatic rings. The molecule has 0 aromatic carbocycles. The van der Waals surface area contributed by atoms with Crippen molar-refractivity contribution in [3.05, 3.63) is 48.0 Å². The van der Waals surface area contributed by atoms with E-state index in [-0.39, 0.29) is 12.4 Å². The van der Waals surface area contributed by atoms with Gasteiger partial charge in [-0.25, -0.2) is 4.98 Å². The van der Waals surface area contributed by atoms with E-state index < -0.39 is 0 Å². The Kier molecular flexibility index (Phi) is 7.00. The third-order valence-corrected chi connectivity index (χ3v) is 2.48. The van der Waals surface area contributed by atoms with Crippen molar-refractivity contribution < 1.29 is 9.15 Å².